The minimum absolute atomic E-state index is 0.930. The molecule has 1 heterocycles. The van der Waals surface area contributed by atoms with Gasteiger partial charge in [-0.15, -0.1) is 0 Å². The Bertz CT molecular complexity index is 243. The van der Waals surface area contributed by atoms with Gasteiger partial charge >= 0.3 is 0 Å². The molecule has 1 N–H and O–H groups in total. The Balaban J connectivity index is 1.56. The maximum absolute atomic E-state index is 3.57. The SMILES string of the molecule is CC1CCC(N(CC2CCCNC2)C2CC2)C1. The van der Waals surface area contributed by atoms with E-state index in [4.69, 9.17) is 0 Å². The third-order valence-corrected chi connectivity index (χ3v) is 5.02. The number of nitrogens with one attached hydrogen (secondary N) is 1. The fourth-order valence-electron chi connectivity index (χ4n) is 3.86. The van der Waals surface area contributed by atoms with Gasteiger partial charge in [-0.05, 0) is 69.9 Å². The maximum Gasteiger partial charge on any atom is 0.0101 e. The van der Waals surface area contributed by atoms with Gasteiger partial charge in [-0.2, -0.15) is 0 Å². The standard InChI is InChI=1S/C15H28N2/c1-12-4-5-15(9-12)17(14-6-7-14)11-13-3-2-8-16-10-13/h12-16H,2-11H2,1H3. The highest BCUT2D eigenvalue weighted by molar-refractivity contribution is 4.93. The van der Waals surface area contributed by atoms with Crippen molar-refractivity contribution in [1.82, 2.24) is 10.2 Å². The van der Waals surface area contributed by atoms with Crippen molar-refractivity contribution in [3.63, 3.8) is 0 Å². The van der Waals surface area contributed by atoms with Gasteiger partial charge in [0.15, 0.2) is 0 Å². The molecule has 2 heteroatoms. The summed E-state index contributed by atoms with van der Waals surface area (Å²) in [5.41, 5.74) is 0. The van der Waals surface area contributed by atoms with E-state index in [-0.39, 0.29) is 0 Å². The van der Waals surface area contributed by atoms with E-state index in [1.54, 1.807) is 0 Å². The van der Waals surface area contributed by atoms with E-state index >= 15 is 0 Å². The molecule has 3 atom stereocenters. The molecule has 3 unspecified atom stereocenters. The summed E-state index contributed by atoms with van der Waals surface area (Å²) in [6, 6.07) is 1.90. The van der Waals surface area contributed by atoms with E-state index in [1.807, 2.05) is 0 Å². The normalized spacial score (nSPS) is 38.8. The van der Waals surface area contributed by atoms with E-state index in [0.717, 1.165) is 23.9 Å². The zero-order chi connectivity index (χ0) is 11.7. The topological polar surface area (TPSA) is 15.3 Å². The molecule has 17 heavy (non-hydrogen) atoms. The maximum atomic E-state index is 3.57. The second-order valence-corrected chi connectivity index (χ2v) is 6.71. The monoisotopic (exact) mass is 236 g/mol. The first-order valence-electron chi connectivity index (χ1n) is 7.79. The second-order valence-electron chi connectivity index (χ2n) is 6.71. The lowest BCUT2D eigenvalue weighted by Crippen LogP contribution is -2.43. The molecule has 98 valence electrons. The Morgan fingerprint density at radius 2 is 1.88 bits per heavy atom. The van der Waals surface area contributed by atoms with Crippen LogP contribution in [0.4, 0.5) is 0 Å². The summed E-state index contributed by atoms with van der Waals surface area (Å²) >= 11 is 0. The van der Waals surface area contributed by atoms with Crippen molar-refractivity contribution in [2.45, 2.75) is 64.0 Å². The molecule has 2 saturated carbocycles. The van der Waals surface area contributed by atoms with Crippen LogP contribution in [0.3, 0.4) is 0 Å². The highest BCUT2D eigenvalue weighted by Gasteiger charge is 2.37. The van der Waals surface area contributed by atoms with Crippen LogP contribution in [0.15, 0.2) is 0 Å². The number of hydrogen-bond acceptors (Lipinski definition) is 2. The number of rotatable bonds is 4. The highest BCUT2D eigenvalue weighted by Crippen LogP contribution is 2.37. The van der Waals surface area contributed by atoms with Crippen molar-refractivity contribution in [1.29, 1.82) is 0 Å². The van der Waals surface area contributed by atoms with Gasteiger partial charge in [0.05, 0.1) is 0 Å². The highest BCUT2D eigenvalue weighted by atomic mass is 15.2. The minimum Gasteiger partial charge on any atom is -0.316 e. The minimum atomic E-state index is 0.930. The quantitative estimate of drug-likeness (QED) is 0.807. The van der Waals surface area contributed by atoms with Crippen LogP contribution in [0.1, 0.15) is 51.9 Å². The van der Waals surface area contributed by atoms with Gasteiger partial charge in [0.2, 0.25) is 0 Å². The van der Waals surface area contributed by atoms with Crippen molar-refractivity contribution in [2.24, 2.45) is 11.8 Å². The molecule has 0 aromatic carbocycles. The van der Waals surface area contributed by atoms with Crippen LogP contribution < -0.4 is 5.32 Å². The molecular weight excluding hydrogens is 208 g/mol. The summed E-state index contributed by atoms with van der Waals surface area (Å²) in [6.45, 7) is 6.34. The zero-order valence-electron chi connectivity index (χ0n) is 11.3. The first-order valence-corrected chi connectivity index (χ1v) is 7.79. The van der Waals surface area contributed by atoms with Gasteiger partial charge in [0.1, 0.15) is 0 Å². The molecule has 0 bridgehead atoms. The number of nitrogens with zero attached hydrogens (tertiary/aromatic N) is 1. The van der Waals surface area contributed by atoms with Gasteiger partial charge in [-0.1, -0.05) is 6.92 Å². The van der Waals surface area contributed by atoms with Crippen LogP contribution in [0, 0.1) is 11.8 Å². The fraction of sp³-hybridized carbons (Fsp3) is 1.00. The molecular formula is C15H28N2. The summed E-state index contributed by atoms with van der Waals surface area (Å²) in [7, 11) is 0. The fourth-order valence-corrected chi connectivity index (χ4v) is 3.86. The summed E-state index contributed by atoms with van der Waals surface area (Å²) < 4.78 is 0. The largest absolute Gasteiger partial charge is 0.316 e. The van der Waals surface area contributed by atoms with Crippen molar-refractivity contribution in [3.8, 4) is 0 Å². The Hall–Kier alpha value is -0.0800. The van der Waals surface area contributed by atoms with Crippen LogP contribution in [0.2, 0.25) is 0 Å². The molecule has 2 nitrogen and oxygen atoms in total. The first kappa shape index (κ1) is 12.0. The molecule has 3 aliphatic rings. The van der Waals surface area contributed by atoms with Gasteiger partial charge in [-0.25, -0.2) is 0 Å². The summed E-state index contributed by atoms with van der Waals surface area (Å²) in [6.07, 6.45) is 10.2. The van der Waals surface area contributed by atoms with Crippen LogP contribution in [0.5, 0.6) is 0 Å². The Labute approximate surface area is 106 Å². The average Bonchev–Trinajstić information content (AvgIpc) is 3.10. The third-order valence-electron chi connectivity index (χ3n) is 5.02. The molecule has 3 rings (SSSR count). The van der Waals surface area contributed by atoms with Crippen molar-refractivity contribution in [2.75, 3.05) is 19.6 Å². The van der Waals surface area contributed by atoms with Gasteiger partial charge in [-0.3, -0.25) is 4.90 Å². The van der Waals surface area contributed by atoms with E-state index in [1.165, 1.54) is 64.6 Å². The second kappa shape index (κ2) is 5.27. The van der Waals surface area contributed by atoms with Crippen LogP contribution in [0.25, 0.3) is 0 Å². The van der Waals surface area contributed by atoms with Crippen LogP contribution in [-0.2, 0) is 0 Å². The van der Waals surface area contributed by atoms with Crippen molar-refractivity contribution < 1.29 is 0 Å². The predicted octanol–water partition coefficient (Wildman–Crippen LogP) is 2.64. The van der Waals surface area contributed by atoms with Gasteiger partial charge in [0.25, 0.3) is 0 Å². The summed E-state index contributed by atoms with van der Waals surface area (Å²) in [5.74, 6) is 1.91. The molecule has 3 fully saturated rings. The molecule has 1 aliphatic heterocycles. The van der Waals surface area contributed by atoms with Crippen LogP contribution in [-0.4, -0.2) is 36.6 Å². The predicted molar refractivity (Wildman–Crippen MR) is 72.1 cm³/mol. The van der Waals surface area contributed by atoms with Gasteiger partial charge < -0.3 is 5.32 Å². The summed E-state index contributed by atoms with van der Waals surface area (Å²) in [4.78, 5) is 2.90. The smallest absolute Gasteiger partial charge is 0.0101 e. The molecule has 2 aliphatic carbocycles. The van der Waals surface area contributed by atoms with Gasteiger partial charge in [0, 0.05) is 18.6 Å². The lowest BCUT2D eigenvalue weighted by molar-refractivity contribution is 0.144. The lowest BCUT2D eigenvalue weighted by Gasteiger charge is -2.34. The third kappa shape index (κ3) is 3.03. The number of piperidine rings is 1. The molecule has 0 aromatic rings. The van der Waals surface area contributed by atoms with Crippen LogP contribution >= 0.6 is 0 Å². The summed E-state index contributed by atoms with van der Waals surface area (Å²) in [5, 5.41) is 3.57. The van der Waals surface area contributed by atoms with E-state index in [0.29, 0.717) is 0 Å². The van der Waals surface area contributed by atoms with Crippen molar-refractivity contribution in [3.05, 3.63) is 0 Å². The number of hydrogen-bond donors (Lipinski definition) is 1. The first-order chi connectivity index (χ1) is 8.33. The zero-order valence-corrected chi connectivity index (χ0v) is 11.3. The van der Waals surface area contributed by atoms with E-state index in [9.17, 15) is 0 Å². The average molecular weight is 236 g/mol. The molecule has 0 spiro atoms. The Kier molecular flexibility index (Phi) is 3.72. The lowest BCUT2D eigenvalue weighted by atomic mass is 9.98. The molecule has 0 aromatic heterocycles. The molecule has 1 saturated heterocycles. The van der Waals surface area contributed by atoms with E-state index in [2.05, 4.69) is 17.1 Å². The van der Waals surface area contributed by atoms with E-state index < -0.39 is 0 Å². The molecule has 0 amide bonds. The molecule has 0 radical (unpaired) electrons. The Morgan fingerprint density at radius 1 is 1.06 bits per heavy atom. The Morgan fingerprint density at radius 3 is 2.47 bits per heavy atom. The van der Waals surface area contributed by atoms with Crippen molar-refractivity contribution >= 4 is 0 Å².